The maximum absolute atomic E-state index is 10.9. The standard InChI is InChI=1S/C6H14N2O3S/c1-6(2,3)8-5(9)4-12(7,10)11/h4H2,1-3H3,(H,8,9)(H2,7,10,11). The SMILES string of the molecule is CC(C)(C)NC(=O)CS(N)(=O)=O. The van der Waals surface area contributed by atoms with Crippen molar-refractivity contribution in [1.29, 1.82) is 0 Å². The first-order chi connectivity index (χ1) is 5.10. The van der Waals surface area contributed by atoms with Gasteiger partial charge in [0.25, 0.3) is 0 Å². The summed E-state index contributed by atoms with van der Waals surface area (Å²) < 4.78 is 20.9. The first kappa shape index (κ1) is 11.4. The van der Waals surface area contributed by atoms with Crippen LogP contribution < -0.4 is 10.5 Å². The summed E-state index contributed by atoms with van der Waals surface area (Å²) in [6, 6.07) is 0. The summed E-state index contributed by atoms with van der Waals surface area (Å²) in [4.78, 5) is 10.9. The summed E-state index contributed by atoms with van der Waals surface area (Å²) >= 11 is 0. The van der Waals surface area contributed by atoms with Crippen LogP contribution in [0.15, 0.2) is 0 Å². The van der Waals surface area contributed by atoms with Crippen LogP contribution >= 0.6 is 0 Å². The van der Waals surface area contributed by atoms with Gasteiger partial charge in [0.15, 0.2) is 0 Å². The van der Waals surface area contributed by atoms with Crippen LogP contribution in [0.4, 0.5) is 0 Å². The van der Waals surface area contributed by atoms with Gasteiger partial charge in [-0.15, -0.1) is 0 Å². The van der Waals surface area contributed by atoms with Crippen LogP contribution in [-0.2, 0) is 14.8 Å². The molecule has 0 spiro atoms. The Morgan fingerprint density at radius 2 is 1.83 bits per heavy atom. The molecule has 5 nitrogen and oxygen atoms in total. The highest BCUT2D eigenvalue weighted by Crippen LogP contribution is 1.97. The zero-order chi connectivity index (χ0) is 9.99. The number of sulfonamides is 1. The molecule has 0 saturated carbocycles. The van der Waals surface area contributed by atoms with Crippen molar-refractivity contribution >= 4 is 15.9 Å². The van der Waals surface area contributed by atoms with Crippen molar-refractivity contribution in [2.24, 2.45) is 5.14 Å². The van der Waals surface area contributed by atoms with E-state index in [-0.39, 0.29) is 0 Å². The zero-order valence-corrected chi connectivity index (χ0v) is 8.23. The summed E-state index contributed by atoms with van der Waals surface area (Å²) in [6.07, 6.45) is 0. The maximum atomic E-state index is 10.9. The quantitative estimate of drug-likeness (QED) is 0.602. The predicted octanol–water partition coefficient (Wildman–Crippen LogP) is -0.810. The van der Waals surface area contributed by atoms with Crippen molar-refractivity contribution in [2.45, 2.75) is 26.3 Å². The molecule has 0 unspecified atom stereocenters. The van der Waals surface area contributed by atoms with Crippen LogP contribution in [0, 0.1) is 0 Å². The monoisotopic (exact) mass is 194 g/mol. The van der Waals surface area contributed by atoms with E-state index in [0.717, 1.165) is 0 Å². The lowest BCUT2D eigenvalue weighted by Crippen LogP contribution is -2.44. The van der Waals surface area contributed by atoms with E-state index in [2.05, 4.69) is 10.5 Å². The van der Waals surface area contributed by atoms with Gasteiger partial charge in [0.2, 0.25) is 15.9 Å². The van der Waals surface area contributed by atoms with Crippen LogP contribution in [0.25, 0.3) is 0 Å². The van der Waals surface area contributed by atoms with Gasteiger partial charge in [-0.1, -0.05) is 0 Å². The van der Waals surface area contributed by atoms with Gasteiger partial charge in [-0.3, -0.25) is 4.79 Å². The van der Waals surface area contributed by atoms with Crippen LogP contribution in [0.3, 0.4) is 0 Å². The molecule has 0 saturated heterocycles. The summed E-state index contributed by atoms with van der Waals surface area (Å²) in [7, 11) is -3.71. The number of carbonyl (C=O) groups is 1. The molecular weight excluding hydrogens is 180 g/mol. The van der Waals surface area contributed by atoms with E-state index in [9.17, 15) is 13.2 Å². The molecule has 0 aliphatic heterocycles. The fourth-order valence-electron chi connectivity index (χ4n) is 0.637. The normalized spacial score (nSPS) is 12.7. The van der Waals surface area contributed by atoms with Gasteiger partial charge in [-0.05, 0) is 20.8 Å². The Labute approximate surface area is 72.4 Å². The van der Waals surface area contributed by atoms with Gasteiger partial charge in [0, 0.05) is 5.54 Å². The highest BCUT2D eigenvalue weighted by molar-refractivity contribution is 7.89. The van der Waals surface area contributed by atoms with Crippen molar-refractivity contribution in [3.63, 3.8) is 0 Å². The average molecular weight is 194 g/mol. The number of hydrogen-bond donors (Lipinski definition) is 2. The van der Waals surface area contributed by atoms with E-state index in [0.29, 0.717) is 0 Å². The van der Waals surface area contributed by atoms with E-state index in [4.69, 9.17) is 0 Å². The van der Waals surface area contributed by atoms with E-state index < -0.39 is 27.2 Å². The molecule has 0 radical (unpaired) electrons. The number of nitrogens with two attached hydrogens (primary N) is 1. The third kappa shape index (κ3) is 7.49. The minimum absolute atomic E-state index is 0.429. The Balaban J connectivity index is 4.10. The second-order valence-corrected chi connectivity index (χ2v) is 5.22. The first-order valence-corrected chi connectivity index (χ1v) is 5.13. The Hall–Kier alpha value is -0.620. The third-order valence-corrected chi connectivity index (χ3v) is 1.51. The van der Waals surface area contributed by atoms with Gasteiger partial charge in [0.05, 0.1) is 0 Å². The smallest absolute Gasteiger partial charge is 0.237 e. The molecule has 0 aliphatic carbocycles. The van der Waals surface area contributed by atoms with Gasteiger partial charge in [-0.2, -0.15) is 0 Å². The topological polar surface area (TPSA) is 89.3 Å². The number of primary sulfonamides is 1. The van der Waals surface area contributed by atoms with E-state index >= 15 is 0 Å². The molecule has 72 valence electrons. The Morgan fingerprint density at radius 3 is 2.08 bits per heavy atom. The van der Waals surface area contributed by atoms with Crippen LogP contribution in [-0.4, -0.2) is 25.6 Å². The second-order valence-electron chi connectivity index (χ2n) is 3.61. The molecule has 0 atom stereocenters. The minimum Gasteiger partial charge on any atom is -0.351 e. The number of nitrogens with one attached hydrogen (secondary N) is 1. The predicted molar refractivity (Wildman–Crippen MR) is 45.9 cm³/mol. The Bertz CT molecular complexity index is 263. The van der Waals surface area contributed by atoms with Crippen LogP contribution in [0.2, 0.25) is 0 Å². The van der Waals surface area contributed by atoms with Crippen molar-refractivity contribution in [3.8, 4) is 0 Å². The number of hydrogen-bond acceptors (Lipinski definition) is 3. The molecular formula is C6H14N2O3S. The molecule has 0 aromatic heterocycles. The number of rotatable bonds is 2. The lowest BCUT2D eigenvalue weighted by atomic mass is 10.1. The minimum atomic E-state index is -3.71. The Morgan fingerprint density at radius 1 is 1.42 bits per heavy atom. The highest BCUT2D eigenvalue weighted by atomic mass is 32.2. The molecule has 3 N–H and O–H groups in total. The molecule has 0 aromatic carbocycles. The maximum Gasteiger partial charge on any atom is 0.237 e. The Kier molecular flexibility index (Phi) is 3.23. The van der Waals surface area contributed by atoms with Crippen LogP contribution in [0.1, 0.15) is 20.8 Å². The fourth-order valence-corrected chi connectivity index (χ4v) is 1.07. The van der Waals surface area contributed by atoms with Crippen molar-refractivity contribution in [3.05, 3.63) is 0 Å². The van der Waals surface area contributed by atoms with Gasteiger partial charge < -0.3 is 5.32 Å². The molecule has 0 heterocycles. The summed E-state index contributed by atoms with van der Waals surface area (Å²) in [5, 5.41) is 7.14. The summed E-state index contributed by atoms with van der Waals surface area (Å²) in [5.41, 5.74) is -0.429. The molecule has 12 heavy (non-hydrogen) atoms. The second kappa shape index (κ2) is 3.40. The lowest BCUT2D eigenvalue weighted by Gasteiger charge is -2.19. The summed E-state index contributed by atoms with van der Waals surface area (Å²) in [6.45, 7) is 5.27. The van der Waals surface area contributed by atoms with Crippen LogP contribution in [0.5, 0.6) is 0 Å². The molecule has 0 aliphatic rings. The number of amides is 1. The largest absolute Gasteiger partial charge is 0.351 e. The van der Waals surface area contributed by atoms with Crippen molar-refractivity contribution in [2.75, 3.05) is 5.75 Å². The van der Waals surface area contributed by atoms with Crippen molar-refractivity contribution in [1.82, 2.24) is 5.32 Å². The summed E-state index contributed by atoms with van der Waals surface area (Å²) in [5.74, 6) is -1.24. The molecule has 0 rings (SSSR count). The lowest BCUT2D eigenvalue weighted by molar-refractivity contribution is -0.119. The molecule has 6 heteroatoms. The van der Waals surface area contributed by atoms with E-state index in [1.807, 2.05) is 0 Å². The fraction of sp³-hybridized carbons (Fsp3) is 0.833. The first-order valence-electron chi connectivity index (χ1n) is 3.42. The zero-order valence-electron chi connectivity index (χ0n) is 7.42. The molecule has 0 fully saturated rings. The van der Waals surface area contributed by atoms with E-state index in [1.165, 1.54) is 0 Å². The molecule has 1 amide bonds. The van der Waals surface area contributed by atoms with Crippen molar-refractivity contribution < 1.29 is 13.2 Å². The number of carbonyl (C=O) groups excluding carboxylic acids is 1. The molecule has 0 aromatic rings. The average Bonchev–Trinajstić information content (AvgIpc) is 1.49. The van der Waals surface area contributed by atoms with Gasteiger partial charge in [0.1, 0.15) is 5.75 Å². The van der Waals surface area contributed by atoms with Gasteiger partial charge >= 0.3 is 0 Å². The molecule has 0 bridgehead atoms. The highest BCUT2D eigenvalue weighted by Gasteiger charge is 2.17. The van der Waals surface area contributed by atoms with Gasteiger partial charge in [-0.25, -0.2) is 13.6 Å². The van der Waals surface area contributed by atoms with E-state index in [1.54, 1.807) is 20.8 Å². The third-order valence-electron chi connectivity index (χ3n) is 0.847.